The first-order chi connectivity index (χ1) is 8.43. The molecule has 2 nitrogen and oxygen atoms in total. The SMILES string of the molecule is CC(C)N(C(=O)c1ccc(F)c(F)c1F)C1CC1. The van der Waals surface area contributed by atoms with Gasteiger partial charge in [0.15, 0.2) is 17.5 Å². The van der Waals surface area contributed by atoms with Crippen LogP contribution in [0.2, 0.25) is 0 Å². The maximum absolute atomic E-state index is 13.6. The summed E-state index contributed by atoms with van der Waals surface area (Å²) in [6.45, 7) is 3.63. The zero-order valence-electron chi connectivity index (χ0n) is 10.2. The standard InChI is InChI=1S/C13H14F3NO/c1-7(2)17(8-3-4-8)13(18)9-5-6-10(14)12(16)11(9)15/h5-8H,3-4H2,1-2H3. The van der Waals surface area contributed by atoms with E-state index in [2.05, 4.69) is 0 Å². The van der Waals surface area contributed by atoms with E-state index in [9.17, 15) is 18.0 Å². The molecule has 98 valence electrons. The number of rotatable bonds is 3. The number of hydrogen-bond donors (Lipinski definition) is 0. The average molecular weight is 257 g/mol. The van der Waals surface area contributed by atoms with Gasteiger partial charge in [0, 0.05) is 12.1 Å². The van der Waals surface area contributed by atoms with E-state index in [0.29, 0.717) is 0 Å². The molecule has 1 saturated carbocycles. The summed E-state index contributed by atoms with van der Waals surface area (Å²) in [5.74, 6) is -4.87. The maximum atomic E-state index is 13.6. The molecule has 1 aliphatic carbocycles. The van der Waals surface area contributed by atoms with Crippen molar-refractivity contribution in [2.75, 3.05) is 0 Å². The topological polar surface area (TPSA) is 20.3 Å². The van der Waals surface area contributed by atoms with Crippen LogP contribution in [0, 0.1) is 17.5 Å². The minimum atomic E-state index is -1.60. The molecule has 0 atom stereocenters. The minimum Gasteiger partial charge on any atom is -0.333 e. The highest BCUT2D eigenvalue weighted by Gasteiger charge is 2.36. The number of nitrogens with zero attached hydrogens (tertiary/aromatic N) is 1. The van der Waals surface area contributed by atoms with Crippen LogP contribution in [-0.2, 0) is 0 Å². The summed E-state index contributed by atoms with van der Waals surface area (Å²) in [4.78, 5) is 13.7. The van der Waals surface area contributed by atoms with Crippen molar-refractivity contribution in [1.29, 1.82) is 0 Å². The van der Waals surface area contributed by atoms with Gasteiger partial charge in [-0.3, -0.25) is 4.79 Å². The summed E-state index contributed by atoms with van der Waals surface area (Å²) in [5.41, 5.74) is -0.408. The van der Waals surface area contributed by atoms with E-state index in [1.54, 1.807) is 0 Å². The van der Waals surface area contributed by atoms with E-state index in [1.165, 1.54) is 4.90 Å². The van der Waals surface area contributed by atoms with E-state index in [1.807, 2.05) is 13.8 Å². The molecule has 0 aliphatic heterocycles. The van der Waals surface area contributed by atoms with Crippen LogP contribution in [0.4, 0.5) is 13.2 Å². The van der Waals surface area contributed by atoms with E-state index >= 15 is 0 Å². The largest absolute Gasteiger partial charge is 0.333 e. The van der Waals surface area contributed by atoms with Gasteiger partial charge in [-0.2, -0.15) is 0 Å². The maximum Gasteiger partial charge on any atom is 0.257 e. The first-order valence-corrected chi connectivity index (χ1v) is 5.89. The lowest BCUT2D eigenvalue weighted by atomic mass is 10.1. The van der Waals surface area contributed by atoms with Crippen molar-refractivity contribution in [3.05, 3.63) is 35.1 Å². The highest BCUT2D eigenvalue weighted by Crippen LogP contribution is 2.30. The van der Waals surface area contributed by atoms with E-state index < -0.39 is 28.9 Å². The molecule has 18 heavy (non-hydrogen) atoms. The summed E-state index contributed by atoms with van der Waals surface area (Å²) >= 11 is 0. The molecular weight excluding hydrogens is 243 g/mol. The molecule has 2 rings (SSSR count). The third-order valence-corrected chi connectivity index (χ3v) is 3.00. The molecule has 1 aliphatic rings. The zero-order valence-corrected chi connectivity index (χ0v) is 10.2. The van der Waals surface area contributed by atoms with Gasteiger partial charge in [-0.05, 0) is 38.8 Å². The van der Waals surface area contributed by atoms with Crippen LogP contribution in [0.1, 0.15) is 37.0 Å². The quantitative estimate of drug-likeness (QED) is 0.762. The Bertz CT molecular complexity index is 481. The summed E-state index contributed by atoms with van der Waals surface area (Å²) < 4.78 is 39.5. The fourth-order valence-electron chi connectivity index (χ4n) is 2.00. The van der Waals surface area contributed by atoms with Gasteiger partial charge in [0.25, 0.3) is 5.91 Å². The second-order valence-electron chi connectivity index (χ2n) is 4.76. The molecular formula is C13H14F3NO. The Labute approximate surface area is 103 Å². The molecule has 0 radical (unpaired) electrons. The van der Waals surface area contributed by atoms with Crippen molar-refractivity contribution in [3.8, 4) is 0 Å². The Morgan fingerprint density at radius 3 is 2.33 bits per heavy atom. The lowest BCUT2D eigenvalue weighted by Crippen LogP contribution is -2.39. The Morgan fingerprint density at radius 1 is 1.22 bits per heavy atom. The molecule has 5 heteroatoms. The third-order valence-electron chi connectivity index (χ3n) is 3.00. The molecule has 0 aromatic heterocycles. The highest BCUT2D eigenvalue weighted by molar-refractivity contribution is 5.95. The molecule has 0 N–H and O–H groups in total. The number of carbonyl (C=O) groups excluding carboxylic acids is 1. The third kappa shape index (κ3) is 2.21. The molecule has 0 spiro atoms. The second kappa shape index (κ2) is 4.63. The van der Waals surface area contributed by atoms with Crippen LogP contribution < -0.4 is 0 Å². The molecule has 0 bridgehead atoms. The molecule has 1 fully saturated rings. The molecule has 0 saturated heterocycles. The van der Waals surface area contributed by atoms with Gasteiger partial charge in [0.1, 0.15) is 0 Å². The van der Waals surface area contributed by atoms with Crippen molar-refractivity contribution in [1.82, 2.24) is 4.90 Å². The van der Waals surface area contributed by atoms with Gasteiger partial charge in [-0.25, -0.2) is 13.2 Å². The summed E-state index contributed by atoms with van der Waals surface area (Å²) in [6, 6.07) is 1.76. The molecule has 1 aromatic carbocycles. The smallest absolute Gasteiger partial charge is 0.257 e. The van der Waals surface area contributed by atoms with Crippen LogP contribution in [0.3, 0.4) is 0 Å². The fourth-order valence-corrected chi connectivity index (χ4v) is 2.00. The summed E-state index contributed by atoms with van der Waals surface area (Å²) in [7, 11) is 0. The van der Waals surface area contributed by atoms with Crippen molar-refractivity contribution < 1.29 is 18.0 Å². The minimum absolute atomic E-state index is 0.0880. The predicted molar refractivity (Wildman–Crippen MR) is 60.6 cm³/mol. The van der Waals surface area contributed by atoms with Gasteiger partial charge in [-0.1, -0.05) is 0 Å². The van der Waals surface area contributed by atoms with Crippen molar-refractivity contribution in [2.24, 2.45) is 0 Å². The van der Waals surface area contributed by atoms with Crippen LogP contribution in [0.15, 0.2) is 12.1 Å². The number of amides is 1. The molecule has 1 aromatic rings. The Balaban J connectivity index is 2.36. The van der Waals surface area contributed by atoms with Gasteiger partial charge in [0.2, 0.25) is 0 Å². The van der Waals surface area contributed by atoms with Gasteiger partial charge in [0.05, 0.1) is 5.56 Å². The normalized spacial score (nSPS) is 15.0. The Morgan fingerprint density at radius 2 is 1.83 bits per heavy atom. The highest BCUT2D eigenvalue weighted by atomic mass is 19.2. The van der Waals surface area contributed by atoms with E-state index in [0.717, 1.165) is 25.0 Å². The van der Waals surface area contributed by atoms with Crippen molar-refractivity contribution in [3.63, 3.8) is 0 Å². The molecule has 0 heterocycles. The van der Waals surface area contributed by atoms with Crippen LogP contribution in [-0.4, -0.2) is 22.9 Å². The average Bonchev–Trinajstić information content (AvgIpc) is 3.10. The predicted octanol–water partition coefficient (Wildman–Crippen LogP) is 3.12. The Kier molecular flexibility index (Phi) is 3.32. The van der Waals surface area contributed by atoms with Crippen LogP contribution in [0.25, 0.3) is 0 Å². The van der Waals surface area contributed by atoms with E-state index in [-0.39, 0.29) is 12.1 Å². The van der Waals surface area contributed by atoms with Gasteiger partial charge in [-0.15, -0.1) is 0 Å². The number of benzene rings is 1. The molecule has 1 amide bonds. The van der Waals surface area contributed by atoms with Gasteiger partial charge < -0.3 is 4.90 Å². The first-order valence-electron chi connectivity index (χ1n) is 5.89. The monoisotopic (exact) mass is 257 g/mol. The molecule has 0 unspecified atom stereocenters. The summed E-state index contributed by atoms with van der Waals surface area (Å²) in [5, 5.41) is 0. The lowest BCUT2D eigenvalue weighted by Gasteiger charge is -2.27. The fraction of sp³-hybridized carbons (Fsp3) is 0.462. The van der Waals surface area contributed by atoms with E-state index in [4.69, 9.17) is 0 Å². The summed E-state index contributed by atoms with van der Waals surface area (Å²) in [6.07, 6.45) is 1.74. The lowest BCUT2D eigenvalue weighted by molar-refractivity contribution is 0.0684. The first kappa shape index (κ1) is 12.9. The Hall–Kier alpha value is -1.52. The van der Waals surface area contributed by atoms with Gasteiger partial charge >= 0.3 is 0 Å². The number of hydrogen-bond acceptors (Lipinski definition) is 1. The van der Waals surface area contributed by atoms with Crippen LogP contribution >= 0.6 is 0 Å². The van der Waals surface area contributed by atoms with Crippen LogP contribution in [0.5, 0.6) is 0 Å². The second-order valence-corrected chi connectivity index (χ2v) is 4.76. The van der Waals surface area contributed by atoms with Crippen molar-refractivity contribution >= 4 is 5.91 Å². The van der Waals surface area contributed by atoms with Crippen molar-refractivity contribution in [2.45, 2.75) is 38.8 Å². The number of carbonyl (C=O) groups is 1. The zero-order chi connectivity index (χ0) is 13.4. The number of halogens is 3.